The molecule has 0 spiro atoms. The number of hydrogen-bond acceptors (Lipinski definition) is 2. The van der Waals surface area contributed by atoms with Crippen molar-refractivity contribution in [2.75, 3.05) is 0 Å². The van der Waals surface area contributed by atoms with E-state index in [9.17, 15) is 4.79 Å². The molecule has 0 fully saturated rings. The lowest BCUT2D eigenvalue weighted by Crippen LogP contribution is -2.24. The van der Waals surface area contributed by atoms with Crippen LogP contribution >= 0.6 is 23.2 Å². The van der Waals surface area contributed by atoms with E-state index in [0.717, 1.165) is 0 Å². The zero-order chi connectivity index (χ0) is 10.6. The molecular weight excluding hydrogens is 225 g/mol. The van der Waals surface area contributed by atoms with E-state index < -0.39 is 6.03 Å². The van der Waals surface area contributed by atoms with Crippen LogP contribution in [0.4, 0.5) is 4.79 Å². The lowest BCUT2D eigenvalue weighted by atomic mass is 10.2. The number of carbonyl (C=O) groups excluding carboxylic acids is 1. The molecule has 3 N–H and O–H groups in total. The molecule has 0 heterocycles. The fraction of sp³-hybridized carbons (Fsp3) is 0. The largest absolute Gasteiger partial charge is 0.350 e. The molecule has 4 nitrogen and oxygen atoms in total. The highest BCUT2D eigenvalue weighted by Crippen LogP contribution is 2.19. The molecule has 1 aromatic rings. The van der Waals surface area contributed by atoms with Crippen molar-refractivity contribution in [1.82, 2.24) is 5.43 Å². The molecule has 0 aliphatic carbocycles. The van der Waals surface area contributed by atoms with Gasteiger partial charge in [0.2, 0.25) is 0 Å². The number of urea groups is 1. The van der Waals surface area contributed by atoms with Gasteiger partial charge in [0.15, 0.2) is 0 Å². The number of amides is 2. The summed E-state index contributed by atoms with van der Waals surface area (Å²) >= 11 is 11.5. The van der Waals surface area contributed by atoms with Crippen LogP contribution in [0.2, 0.25) is 10.0 Å². The first kappa shape index (κ1) is 10.8. The van der Waals surface area contributed by atoms with E-state index in [0.29, 0.717) is 15.6 Å². The fourth-order valence-electron chi connectivity index (χ4n) is 0.772. The highest BCUT2D eigenvalue weighted by Gasteiger charge is 1.97. The second kappa shape index (κ2) is 4.83. The van der Waals surface area contributed by atoms with Gasteiger partial charge in [-0.05, 0) is 12.1 Å². The summed E-state index contributed by atoms with van der Waals surface area (Å²) in [5.74, 6) is 0. The third kappa shape index (κ3) is 3.24. The van der Waals surface area contributed by atoms with Crippen molar-refractivity contribution in [2.24, 2.45) is 10.8 Å². The van der Waals surface area contributed by atoms with Gasteiger partial charge in [-0.2, -0.15) is 5.10 Å². The molecule has 0 aliphatic rings. The maximum absolute atomic E-state index is 10.3. The van der Waals surface area contributed by atoms with Crippen molar-refractivity contribution in [3.8, 4) is 0 Å². The Balaban J connectivity index is 2.76. The predicted octanol–water partition coefficient (Wildman–Crippen LogP) is 2.00. The van der Waals surface area contributed by atoms with Crippen LogP contribution in [0.5, 0.6) is 0 Å². The first-order chi connectivity index (χ1) is 6.59. The van der Waals surface area contributed by atoms with E-state index in [1.54, 1.807) is 18.2 Å². The van der Waals surface area contributed by atoms with Gasteiger partial charge in [0.05, 0.1) is 11.2 Å². The first-order valence-corrected chi connectivity index (χ1v) is 4.39. The van der Waals surface area contributed by atoms with Gasteiger partial charge in [0, 0.05) is 10.6 Å². The van der Waals surface area contributed by atoms with Gasteiger partial charge in [-0.3, -0.25) is 0 Å². The summed E-state index contributed by atoms with van der Waals surface area (Å²) in [4.78, 5) is 10.3. The van der Waals surface area contributed by atoms with E-state index in [1.807, 2.05) is 0 Å². The number of nitrogens with one attached hydrogen (secondary N) is 1. The number of primary amides is 1. The van der Waals surface area contributed by atoms with E-state index in [2.05, 4.69) is 10.5 Å². The van der Waals surface area contributed by atoms with Crippen molar-refractivity contribution in [3.05, 3.63) is 33.8 Å². The van der Waals surface area contributed by atoms with Gasteiger partial charge < -0.3 is 5.73 Å². The van der Waals surface area contributed by atoms with E-state index in [4.69, 9.17) is 28.9 Å². The maximum atomic E-state index is 10.3. The molecule has 0 saturated carbocycles. The number of nitrogens with two attached hydrogens (primary N) is 1. The quantitative estimate of drug-likeness (QED) is 0.594. The first-order valence-electron chi connectivity index (χ1n) is 3.63. The van der Waals surface area contributed by atoms with Crippen molar-refractivity contribution in [3.63, 3.8) is 0 Å². The molecule has 0 unspecified atom stereocenters. The Labute approximate surface area is 90.7 Å². The Morgan fingerprint density at radius 3 is 2.79 bits per heavy atom. The van der Waals surface area contributed by atoms with Crippen molar-refractivity contribution in [1.29, 1.82) is 0 Å². The number of hydrazone groups is 1. The van der Waals surface area contributed by atoms with Gasteiger partial charge in [-0.1, -0.05) is 29.3 Å². The summed E-state index contributed by atoms with van der Waals surface area (Å²) in [6, 6.07) is 4.19. The number of benzene rings is 1. The van der Waals surface area contributed by atoms with Crippen LogP contribution in [0.1, 0.15) is 5.56 Å². The SMILES string of the molecule is NC(=O)NN=Cc1ccc(Cl)cc1Cl. The summed E-state index contributed by atoms with van der Waals surface area (Å²) in [6.07, 6.45) is 1.38. The number of rotatable bonds is 2. The van der Waals surface area contributed by atoms with Gasteiger partial charge in [0.25, 0.3) is 0 Å². The highest BCUT2D eigenvalue weighted by molar-refractivity contribution is 6.36. The molecule has 6 heteroatoms. The minimum absolute atomic E-state index is 0.451. The number of halogens is 2. The van der Waals surface area contributed by atoms with Crippen molar-refractivity contribution < 1.29 is 4.79 Å². The molecule has 14 heavy (non-hydrogen) atoms. The standard InChI is InChI=1S/C8H7Cl2N3O/c9-6-2-1-5(7(10)3-6)4-12-13-8(11)14/h1-4H,(H3,11,13,14). The fourth-order valence-corrected chi connectivity index (χ4v) is 1.23. The predicted molar refractivity (Wildman–Crippen MR) is 56.8 cm³/mol. The van der Waals surface area contributed by atoms with E-state index in [1.165, 1.54) is 6.21 Å². The molecule has 1 aromatic carbocycles. The van der Waals surface area contributed by atoms with Gasteiger partial charge in [-0.25, -0.2) is 10.2 Å². The van der Waals surface area contributed by atoms with E-state index >= 15 is 0 Å². The minimum Gasteiger partial charge on any atom is -0.350 e. The lowest BCUT2D eigenvalue weighted by molar-refractivity contribution is 0.249. The highest BCUT2D eigenvalue weighted by atomic mass is 35.5. The Kier molecular flexibility index (Phi) is 3.73. The van der Waals surface area contributed by atoms with Crippen molar-refractivity contribution in [2.45, 2.75) is 0 Å². The monoisotopic (exact) mass is 231 g/mol. The van der Waals surface area contributed by atoms with Crippen LogP contribution < -0.4 is 11.2 Å². The molecule has 0 atom stereocenters. The Morgan fingerprint density at radius 1 is 1.50 bits per heavy atom. The molecule has 74 valence electrons. The molecule has 0 bridgehead atoms. The average molecular weight is 232 g/mol. The second-order valence-corrected chi connectivity index (χ2v) is 3.24. The van der Waals surface area contributed by atoms with Crippen molar-refractivity contribution >= 4 is 35.4 Å². The summed E-state index contributed by atoms with van der Waals surface area (Å²) in [5.41, 5.74) is 7.50. The summed E-state index contributed by atoms with van der Waals surface area (Å²) in [7, 11) is 0. The molecule has 0 radical (unpaired) electrons. The second-order valence-electron chi connectivity index (χ2n) is 2.40. The third-order valence-corrected chi connectivity index (χ3v) is 1.90. The van der Waals surface area contributed by atoms with Gasteiger partial charge in [-0.15, -0.1) is 0 Å². The topological polar surface area (TPSA) is 67.5 Å². The number of hydrogen-bond donors (Lipinski definition) is 2. The molecule has 2 amide bonds. The normalized spacial score (nSPS) is 10.4. The Morgan fingerprint density at radius 2 is 2.21 bits per heavy atom. The van der Waals surface area contributed by atoms with Crippen LogP contribution in [0.3, 0.4) is 0 Å². The number of carbonyl (C=O) groups is 1. The summed E-state index contributed by atoms with van der Waals surface area (Å²) in [6.45, 7) is 0. The van der Waals surface area contributed by atoms with Crippen LogP contribution in [0.15, 0.2) is 23.3 Å². The zero-order valence-corrected chi connectivity index (χ0v) is 8.51. The van der Waals surface area contributed by atoms with E-state index in [-0.39, 0.29) is 0 Å². The Bertz CT molecular complexity index is 379. The molecule has 0 aliphatic heterocycles. The molecule has 1 rings (SSSR count). The summed E-state index contributed by atoms with van der Waals surface area (Å²) in [5, 5.41) is 4.54. The molecular formula is C8H7Cl2N3O. The summed E-state index contributed by atoms with van der Waals surface area (Å²) < 4.78 is 0. The van der Waals surface area contributed by atoms with Crippen LogP contribution in [0, 0.1) is 0 Å². The van der Waals surface area contributed by atoms with Crippen LogP contribution in [-0.2, 0) is 0 Å². The zero-order valence-electron chi connectivity index (χ0n) is 7.00. The number of nitrogens with zero attached hydrogens (tertiary/aromatic N) is 1. The average Bonchev–Trinajstić information content (AvgIpc) is 2.08. The molecule has 0 saturated heterocycles. The van der Waals surface area contributed by atoms with Gasteiger partial charge >= 0.3 is 6.03 Å². The van der Waals surface area contributed by atoms with Gasteiger partial charge in [0.1, 0.15) is 0 Å². The third-order valence-electron chi connectivity index (χ3n) is 1.34. The molecule has 0 aromatic heterocycles. The Hall–Kier alpha value is -1.26. The lowest BCUT2D eigenvalue weighted by Gasteiger charge is -1.97. The smallest absolute Gasteiger partial charge is 0.332 e. The van der Waals surface area contributed by atoms with Crippen LogP contribution in [-0.4, -0.2) is 12.2 Å². The van der Waals surface area contributed by atoms with Crippen LogP contribution in [0.25, 0.3) is 0 Å². The minimum atomic E-state index is -0.730. The maximum Gasteiger partial charge on any atom is 0.332 e.